The van der Waals surface area contributed by atoms with Crippen LogP contribution in [0, 0.1) is 5.41 Å². The third-order valence-electron chi connectivity index (χ3n) is 3.71. The molecule has 0 bridgehead atoms. The third kappa shape index (κ3) is 3.27. The molecule has 2 heterocycles. The van der Waals surface area contributed by atoms with Gasteiger partial charge in [-0.1, -0.05) is 25.4 Å². The number of halogens is 1. The van der Waals surface area contributed by atoms with Crippen LogP contribution in [0.1, 0.15) is 44.5 Å². The molecule has 18 heavy (non-hydrogen) atoms. The first-order valence-electron chi connectivity index (χ1n) is 6.64. The molecule has 0 saturated carbocycles. The molecule has 1 saturated heterocycles. The van der Waals surface area contributed by atoms with E-state index in [1.165, 1.54) is 17.7 Å². The van der Waals surface area contributed by atoms with Gasteiger partial charge in [0, 0.05) is 17.5 Å². The Morgan fingerprint density at radius 1 is 1.44 bits per heavy atom. The Morgan fingerprint density at radius 2 is 2.17 bits per heavy atom. The molecule has 4 heteroatoms. The summed E-state index contributed by atoms with van der Waals surface area (Å²) in [5, 5.41) is 0. The van der Waals surface area contributed by atoms with Gasteiger partial charge in [0.1, 0.15) is 0 Å². The lowest BCUT2D eigenvalue weighted by molar-refractivity contribution is 0.0703. The molecule has 102 valence electrons. The molecule has 2 nitrogen and oxygen atoms in total. The number of nitrogens with zero attached hydrogens (tertiary/aromatic N) is 1. The minimum absolute atomic E-state index is 0.133. The third-order valence-corrected chi connectivity index (χ3v) is 5.01. The van der Waals surface area contributed by atoms with E-state index in [2.05, 4.69) is 31.7 Å². The first-order valence-corrected chi connectivity index (χ1v) is 7.83. The number of rotatable bonds is 3. The van der Waals surface area contributed by atoms with Crippen LogP contribution in [0.5, 0.6) is 0 Å². The zero-order chi connectivity index (χ0) is 13.3. The van der Waals surface area contributed by atoms with E-state index in [0.29, 0.717) is 11.5 Å². The lowest BCUT2D eigenvalue weighted by Crippen LogP contribution is -2.46. The molecular formula is C14H23ClN2S. The molecule has 1 aromatic rings. The molecule has 0 aliphatic carbocycles. The fourth-order valence-corrected chi connectivity index (χ4v) is 4.28. The molecule has 2 unspecified atom stereocenters. The van der Waals surface area contributed by atoms with Crippen molar-refractivity contribution in [1.29, 1.82) is 0 Å². The average molecular weight is 287 g/mol. The number of nitrogens with two attached hydrogens (primary N) is 1. The van der Waals surface area contributed by atoms with Crippen molar-refractivity contribution in [3.8, 4) is 0 Å². The molecule has 1 aliphatic heterocycles. The van der Waals surface area contributed by atoms with Gasteiger partial charge in [-0.3, -0.25) is 4.90 Å². The molecule has 2 rings (SSSR count). The summed E-state index contributed by atoms with van der Waals surface area (Å²) in [4.78, 5) is 3.84. The van der Waals surface area contributed by atoms with Gasteiger partial charge < -0.3 is 5.73 Å². The fourth-order valence-electron chi connectivity index (χ4n) is 2.96. The summed E-state index contributed by atoms with van der Waals surface area (Å²) < 4.78 is 0.854. The van der Waals surface area contributed by atoms with E-state index in [9.17, 15) is 0 Å². The second-order valence-electron chi connectivity index (χ2n) is 6.18. The van der Waals surface area contributed by atoms with Crippen molar-refractivity contribution >= 4 is 22.9 Å². The Kier molecular flexibility index (Phi) is 4.37. The van der Waals surface area contributed by atoms with E-state index in [1.807, 2.05) is 6.07 Å². The van der Waals surface area contributed by atoms with Crippen molar-refractivity contribution in [3.05, 3.63) is 21.3 Å². The highest BCUT2D eigenvalue weighted by atomic mass is 35.5. The highest BCUT2D eigenvalue weighted by Gasteiger charge is 2.33. The maximum Gasteiger partial charge on any atom is 0.0931 e. The van der Waals surface area contributed by atoms with Gasteiger partial charge in [-0.25, -0.2) is 0 Å². The van der Waals surface area contributed by atoms with E-state index < -0.39 is 0 Å². The summed E-state index contributed by atoms with van der Waals surface area (Å²) in [6.07, 6.45) is 2.57. The summed E-state index contributed by atoms with van der Waals surface area (Å²) in [7, 11) is 0. The van der Waals surface area contributed by atoms with Crippen LogP contribution in [-0.2, 0) is 0 Å². The summed E-state index contributed by atoms with van der Waals surface area (Å²) in [5.41, 5.74) is 6.61. The first kappa shape index (κ1) is 14.3. The Hall–Kier alpha value is -0.0900. The van der Waals surface area contributed by atoms with Crippen molar-refractivity contribution in [2.24, 2.45) is 11.1 Å². The minimum Gasteiger partial charge on any atom is -0.326 e. The fraction of sp³-hybridized carbons (Fsp3) is 0.714. The maximum absolute atomic E-state index is 6.22. The van der Waals surface area contributed by atoms with Gasteiger partial charge in [0.2, 0.25) is 0 Å². The Bertz CT molecular complexity index is 400. The van der Waals surface area contributed by atoms with Crippen molar-refractivity contribution in [1.82, 2.24) is 4.90 Å². The molecule has 1 aromatic heterocycles. The predicted octanol–water partition coefficient (Wildman–Crippen LogP) is 3.91. The van der Waals surface area contributed by atoms with Crippen LogP contribution >= 0.6 is 22.9 Å². The van der Waals surface area contributed by atoms with Gasteiger partial charge in [-0.15, -0.1) is 11.3 Å². The lowest BCUT2D eigenvalue weighted by Gasteiger charge is -2.43. The summed E-state index contributed by atoms with van der Waals surface area (Å²) in [6, 6.07) is 4.55. The van der Waals surface area contributed by atoms with E-state index in [1.54, 1.807) is 11.3 Å². The summed E-state index contributed by atoms with van der Waals surface area (Å²) in [6.45, 7) is 9.05. The number of thiophene rings is 1. The van der Waals surface area contributed by atoms with Crippen molar-refractivity contribution < 1.29 is 0 Å². The second kappa shape index (κ2) is 5.49. The Balaban J connectivity index is 2.20. The summed E-state index contributed by atoms with van der Waals surface area (Å²) >= 11 is 7.73. The smallest absolute Gasteiger partial charge is 0.0931 e. The maximum atomic E-state index is 6.22. The van der Waals surface area contributed by atoms with Crippen LogP contribution in [0.4, 0.5) is 0 Å². The van der Waals surface area contributed by atoms with E-state index in [0.717, 1.165) is 17.4 Å². The normalized spacial score (nSPS) is 23.8. The van der Waals surface area contributed by atoms with Gasteiger partial charge in [-0.2, -0.15) is 0 Å². The molecule has 0 amide bonds. The highest BCUT2D eigenvalue weighted by molar-refractivity contribution is 7.16. The van der Waals surface area contributed by atoms with Gasteiger partial charge in [0.15, 0.2) is 0 Å². The first-order chi connectivity index (χ1) is 8.39. The van der Waals surface area contributed by atoms with E-state index in [-0.39, 0.29) is 6.04 Å². The molecular weight excluding hydrogens is 264 g/mol. The predicted molar refractivity (Wildman–Crippen MR) is 80.3 cm³/mol. The molecule has 0 aromatic carbocycles. The van der Waals surface area contributed by atoms with Crippen molar-refractivity contribution in [2.45, 2.75) is 45.7 Å². The Morgan fingerprint density at radius 3 is 2.67 bits per heavy atom. The van der Waals surface area contributed by atoms with E-state index in [4.69, 9.17) is 17.3 Å². The Labute approximate surface area is 119 Å². The summed E-state index contributed by atoms with van der Waals surface area (Å²) in [5.74, 6) is 0. The molecule has 1 fully saturated rings. The number of likely N-dealkylation sites (tertiary alicyclic amines) is 1. The SMILES string of the molecule is CC(N)C(c1ccc(Cl)s1)N1CCCC(C)(C)C1. The standard InChI is InChI=1S/C14H23ClN2S/c1-10(16)13(11-5-6-12(15)18-11)17-8-4-7-14(2,3)9-17/h5-6,10,13H,4,7-9,16H2,1-3H3. The number of hydrogen-bond acceptors (Lipinski definition) is 3. The largest absolute Gasteiger partial charge is 0.326 e. The van der Waals surface area contributed by atoms with E-state index >= 15 is 0 Å². The number of hydrogen-bond donors (Lipinski definition) is 1. The van der Waals surface area contributed by atoms with Crippen molar-refractivity contribution in [3.63, 3.8) is 0 Å². The molecule has 0 radical (unpaired) electrons. The average Bonchev–Trinajstić information content (AvgIpc) is 2.63. The molecule has 2 atom stereocenters. The minimum atomic E-state index is 0.133. The monoisotopic (exact) mass is 286 g/mol. The van der Waals surface area contributed by atoms with Crippen LogP contribution in [0.15, 0.2) is 12.1 Å². The van der Waals surface area contributed by atoms with Gasteiger partial charge in [0.25, 0.3) is 0 Å². The number of piperidine rings is 1. The zero-order valence-corrected chi connectivity index (χ0v) is 13.0. The van der Waals surface area contributed by atoms with Crippen LogP contribution < -0.4 is 5.73 Å². The van der Waals surface area contributed by atoms with Crippen LogP contribution in [-0.4, -0.2) is 24.0 Å². The lowest BCUT2D eigenvalue weighted by atomic mass is 9.83. The van der Waals surface area contributed by atoms with Gasteiger partial charge in [-0.05, 0) is 43.9 Å². The quantitative estimate of drug-likeness (QED) is 0.913. The van der Waals surface area contributed by atoms with Crippen LogP contribution in [0.25, 0.3) is 0 Å². The molecule has 2 N–H and O–H groups in total. The van der Waals surface area contributed by atoms with Gasteiger partial charge >= 0.3 is 0 Å². The molecule has 1 aliphatic rings. The van der Waals surface area contributed by atoms with Gasteiger partial charge in [0.05, 0.1) is 10.4 Å². The van der Waals surface area contributed by atoms with Crippen LogP contribution in [0.3, 0.4) is 0 Å². The van der Waals surface area contributed by atoms with Crippen LogP contribution in [0.2, 0.25) is 4.34 Å². The molecule has 0 spiro atoms. The highest BCUT2D eigenvalue weighted by Crippen LogP contribution is 2.37. The second-order valence-corrected chi connectivity index (χ2v) is 7.93. The zero-order valence-electron chi connectivity index (χ0n) is 11.4. The van der Waals surface area contributed by atoms with Crippen molar-refractivity contribution in [2.75, 3.05) is 13.1 Å². The topological polar surface area (TPSA) is 29.3 Å².